The van der Waals surface area contributed by atoms with Crippen LogP contribution in [0.25, 0.3) is 0 Å². The van der Waals surface area contributed by atoms with Crippen LogP contribution in [0.3, 0.4) is 0 Å². The lowest BCUT2D eigenvalue weighted by molar-refractivity contribution is 0.00857. The highest BCUT2D eigenvalue weighted by Gasteiger charge is 2.35. The molecule has 0 bridgehead atoms. The molecule has 1 fully saturated rings. The Morgan fingerprint density at radius 1 is 1.27 bits per heavy atom. The monoisotopic (exact) mass is 379 g/mol. The third kappa shape index (κ3) is 5.19. The predicted octanol–water partition coefficient (Wildman–Crippen LogP) is 2.33. The van der Waals surface area contributed by atoms with E-state index in [-0.39, 0.29) is 24.9 Å². The summed E-state index contributed by atoms with van der Waals surface area (Å²) in [5.41, 5.74) is 0.534. The summed E-state index contributed by atoms with van der Waals surface area (Å²) in [5.74, 6) is -0.127. The summed E-state index contributed by atoms with van der Waals surface area (Å²) in [6.07, 6.45) is -0.422. The van der Waals surface area contributed by atoms with Gasteiger partial charge in [-0.25, -0.2) is 13.2 Å². The van der Waals surface area contributed by atoms with Gasteiger partial charge in [0, 0.05) is 25.7 Å². The number of hydrogen-bond donors (Lipinski definition) is 0. The van der Waals surface area contributed by atoms with Gasteiger partial charge >= 0.3 is 6.09 Å². The predicted molar refractivity (Wildman–Crippen MR) is 97.8 cm³/mol. The zero-order chi connectivity index (χ0) is 19.5. The molecule has 0 aromatic heterocycles. The average molecular weight is 379 g/mol. The van der Waals surface area contributed by atoms with Gasteiger partial charge in [-0.2, -0.15) is 9.57 Å². The molecule has 0 radical (unpaired) electrons. The van der Waals surface area contributed by atoms with Crippen LogP contribution in [0.1, 0.15) is 38.8 Å². The van der Waals surface area contributed by atoms with Crippen molar-refractivity contribution >= 4 is 16.1 Å². The van der Waals surface area contributed by atoms with E-state index in [1.807, 2.05) is 13.0 Å². The Morgan fingerprint density at radius 2 is 1.88 bits per heavy atom. The van der Waals surface area contributed by atoms with E-state index in [0.29, 0.717) is 17.7 Å². The minimum Gasteiger partial charge on any atom is -0.444 e. The number of amides is 1. The quantitative estimate of drug-likeness (QED) is 0.804. The third-order valence-corrected chi connectivity index (χ3v) is 5.86. The molecule has 0 N–H and O–H groups in total. The van der Waals surface area contributed by atoms with E-state index in [9.17, 15) is 13.2 Å². The van der Waals surface area contributed by atoms with Crippen molar-refractivity contribution in [1.82, 2.24) is 9.21 Å². The summed E-state index contributed by atoms with van der Waals surface area (Å²) in [6.45, 7) is 7.98. The first-order valence-electron chi connectivity index (χ1n) is 8.48. The molecule has 0 saturated carbocycles. The molecule has 1 atom stereocenters. The van der Waals surface area contributed by atoms with E-state index in [1.54, 1.807) is 49.9 Å². The first-order valence-corrected chi connectivity index (χ1v) is 10.1. The molecule has 1 aliphatic heterocycles. The zero-order valence-corrected chi connectivity index (χ0v) is 16.4. The van der Waals surface area contributed by atoms with Gasteiger partial charge in [0.25, 0.3) is 0 Å². The van der Waals surface area contributed by atoms with Gasteiger partial charge in [0.1, 0.15) is 5.60 Å². The van der Waals surface area contributed by atoms with Crippen LogP contribution >= 0.6 is 0 Å². The van der Waals surface area contributed by atoms with Gasteiger partial charge in [0.05, 0.1) is 17.4 Å². The van der Waals surface area contributed by atoms with Crippen molar-refractivity contribution in [1.29, 1.82) is 5.26 Å². The van der Waals surface area contributed by atoms with Crippen molar-refractivity contribution in [3.8, 4) is 6.07 Å². The van der Waals surface area contributed by atoms with E-state index >= 15 is 0 Å². The highest BCUT2D eigenvalue weighted by Crippen LogP contribution is 2.19. The molecule has 0 unspecified atom stereocenters. The summed E-state index contributed by atoms with van der Waals surface area (Å²) in [4.78, 5) is 13.8. The molecule has 142 valence electrons. The molecule has 8 heteroatoms. The lowest BCUT2D eigenvalue weighted by atomic mass is 10.2. The molecule has 1 amide bonds. The van der Waals surface area contributed by atoms with Crippen LogP contribution < -0.4 is 0 Å². The van der Waals surface area contributed by atoms with E-state index in [2.05, 4.69) is 0 Å². The van der Waals surface area contributed by atoms with Gasteiger partial charge in [0.2, 0.25) is 10.0 Å². The fourth-order valence-corrected chi connectivity index (χ4v) is 4.35. The fraction of sp³-hybridized carbons (Fsp3) is 0.556. The number of carbonyl (C=O) groups is 1. The standard InChI is InChI=1S/C18H25N3O4S/c1-14-12-20(9-10-21(14)17(22)25-18(2,3)4)26(23,24)13-16-7-5-15(11-19)6-8-16/h5-8,14H,9-10,12-13H2,1-4H3/t14-/m0/s1. The van der Waals surface area contributed by atoms with Crippen LogP contribution in [0.15, 0.2) is 24.3 Å². The largest absolute Gasteiger partial charge is 0.444 e. The van der Waals surface area contributed by atoms with E-state index in [4.69, 9.17) is 10.00 Å². The van der Waals surface area contributed by atoms with Crippen LogP contribution in [0.4, 0.5) is 4.79 Å². The summed E-state index contributed by atoms with van der Waals surface area (Å²) >= 11 is 0. The van der Waals surface area contributed by atoms with Crippen molar-refractivity contribution in [2.24, 2.45) is 0 Å². The third-order valence-electron chi connectivity index (χ3n) is 4.04. The number of rotatable bonds is 3. The van der Waals surface area contributed by atoms with Crippen molar-refractivity contribution in [3.05, 3.63) is 35.4 Å². The number of ether oxygens (including phenoxy) is 1. The number of nitrogens with zero attached hydrogens (tertiary/aromatic N) is 3. The molecule has 2 rings (SSSR count). The molecule has 0 aliphatic carbocycles. The Kier molecular flexibility index (Phi) is 5.94. The lowest BCUT2D eigenvalue weighted by Gasteiger charge is -2.39. The van der Waals surface area contributed by atoms with E-state index < -0.39 is 21.7 Å². The molecule has 7 nitrogen and oxygen atoms in total. The SMILES string of the molecule is C[C@H]1CN(S(=O)(=O)Cc2ccc(C#N)cc2)CCN1C(=O)OC(C)(C)C. The average Bonchev–Trinajstić information content (AvgIpc) is 2.53. The minimum atomic E-state index is -3.50. The molecule has 1 saturated heterocycles. The summed E-state index contributed by atoms with van der Waals surface area (Å²) in [6, 6.07) is 8.25. The van der Waals surface area contributed by atoms with Gasteiger partial charge in [-0.15, -0.1) is 0 Å². The maximum atomic E-state index is 12.7. The van der Waals surface area contributed by atoms with Crippen molar-refractivity contribution in [2.45, 2.75) is 45.1 Å². The fourth-order valence-electron chi connectivity index (χ4n) is 2.75. The number of sulfonamides is 1. The normalized spacial score (nSPS) is 19.0. The number of carbonyl (C=O) groups excluding carboxylic acids is 1. The smallest absolute Gasteiger partial charge is 0.410 e. The van der Waals surface area contributed by atoms with E-state index in [0.717, 1.165) is 0 Å². The van der Waals surface area contributed by atoms with Crippen molar-refractivity contribution < 1.29 is 17.9 Å². The second-order valence-electron chi connectivity index (χ2n) is 7.45. The Hall–Kier alpha value is -2.11. The van der Waals surface area contributed by atoms with Crippen LogP contribution in [0, 0.1) is 11.3 Å². The van der Waals surface area contributed by atoms with Gasteiger partial charge < -0.3 is 9.64 Å². The number of piperazine rings is 1. The van der Waals surface area contributed by atoms with Crippen LogP contribution in [-0.2, 0) is 20.5 Å². The van der Waals surface area contributed by atoms with Gasteiger partial charge in [-0.05, 0) is 45.4 Å². The molecule has 1 aromatic rings. The maximum absolute atomic E-state index is 12.7. The van der Waals surface area contributed by atoms with Crippen LogP contribution in [0.5, 0.6) is 0 Å². The molecule has 26 heavy (non-hydrogen) atoms. The Labute approximate surface area is 155 Å². The Morgan fingerprint density at radius 3 is 2.38 bits per heavy atom. The Balaban J connectivity index is 2.02. The number of benzene rings is 1. The molecular formula is C18H25N3O4S. The molecule has 1 aromatic carbocycles. The highest BCUT2D eigenvalue weighted by atomic mass is 32.2. The van der Waals surface area contributed by atoms with Gasteiger partial charge in [-0.1, -0.05) is 12.1 Å². The second-order valence-corrected chi connectivity index (χ2v) is 9.41. The van der Waals surface area contributed by atoms with Crippen molar-refractivity contribution in [2.75, 3.05) is 19.6 Å². The van der Waals surface area contributed by atoms with Gasteiger partial charge in [0.15, 0.2) is 0 Å². The first kappa shape index (κ1) is 20.2. The van der Waals surface area contributed by atoms with E-state index in [1.165, 1.54) is 4.31 Å². The molecular weight excluding hydrogens is 354 g/mol. The number of nitriles is 1. The molecule has 1 heterocycles. The zero-order valence-electron chi connectivity index (χ0n) is 15.6. The summed E-state index contributed by atoms with van der Waals surface area (Å²) in [7, 11) is -3.50. The maximum Gasteiger partial charge on any atom is 0.410 e. The molecule has 0 spiro atoms. The summed E-state index contributed by atoms with van der Waals surface area (Å²) < 4.78 is 32.2. The first-order chi connectivity index (χ1) is 12.0. The molecule has 1 aliphatic rings. The minimum absolute atomic E-state index is 0.127. The highest BCUT2D eigenvalue weighted by molar-refractivity contribution is 7.88. The topological polar surface area (TPSA) is 90.7 Å². The lowest BCUT2D eigenvalue weighted by Crippen LogP contribution is -2.56. The van der Waals surface area contributed by atoms with Crippen molar-refractivity contribution in [3.63, 3.8) is 0 Å². The van der Waals surface area contributed by atoms with Crippen LogP contribution in [0.2, 0.25) is 0 Å². The summed E-state index contributed by atoms with van der Waals surface area (Å²) in [5, 5.41) is 8.82. The number of hydrogen-bond acceptors (Lipinski definition) is 5. The van der Waals surface area contributed by atoms with Crippen LogP contribution in [-0.4, -0.2) is 55.0 Å². The van der Waals surface area contributed by atoms with Gasteiger partial charge in [-0.3, -0.25) is 0 Å². The second kappa shape index (κ2) is 7.64. The Bertz CT molecular complexity index is 791.